The fourth-order valence-corrected chi connectivity index (χ4v) is 2.27. The summed E-state index contributed by atoms with van der Waals surface area (Å²) in [6.07, 6.45) is 3.10. The predicted octanol–water partition coefficient (Wildman–Crippen LogP) is 0.905. The molecule has 0 aliphatic carbocycles. The molecular formula is C15H22N4O2. The smallest absolute Gasteiger partial charge is 0.323 e. The Balaban J connectivity index is 1.74. The number of imidazole rings is 1. The topological polar surface area (TPSA) is 89.8 Å². The van der Waals surface area contributed by atoms with Crippen molar-refractivity contribution in [1.29, 1.82) is 0 Å². The van der Waals surface area contributed by atoms with Crippen molar-refractivity contribution in [2.45, 2.75) is 25.7 Å². The number of aromatic nitrogens is 2. The monoisotopic (exact) mass is 290 g/mol. The van der Waals surface area contributed by atoms with Crippen molar-refractivity contribution < 1.29 is 4.79 Å². The van der Waals surface area contributed by atoms with Crippen molar-refractivity contribution in [2.75, 3.05) is 20.1 Å². The van der Waals surface area contributed by atoms with Gasteiger partial charge in [0.15, 0.2) is 0 Å². The molecule has 0 aliphatic heterocycles. The van der Waals surface area contributed by atoms with Crippen LogP contribution in [0.15, 0.2) is 23.0 Å². The molecule has 6 heteroatoms. The highest BCUT2D eigenvalue weighted by Gasteiger charge is 2.03. The van der Waals surface area contributed by atoms with E-state index in [0.29, 0.717) is 6.42 Å². The number of hydrogen-bond donors (Lipinski definition) is 4. The minimum atomic E-state index is -0.192. The second-order valence-corrected chi connectivity index (χ2v) is 5.12. The number of H-pyrrole nitrogens is 2. The molecule has 114 valence electrons. The highest BCUT2D eigenvalue weighted by atomic mass is 16.1. The molecular weight excluding hydrogens is 268 g/mol. The van der Waals surface area contributed by atoms with E-state index in [1.54, 1.807) is 0 Å². The molecule has 2 aromatic rings. The van der Waals surface area contributed by atoms with Gasteiger partial charge in [0.25, 0.3) is 0 Å². The van der Waals surface area contributed by atoms with Gasteiger partial charge in [-0.1, -0.05) is 6.07 Å². The van der Waals surface area contributed by atoms with Gasteiger partial charge >= 0.3 is 5.69 Å². The summed E-state index contributed by atoms with van der Waals surface area (Å²) in [5.74, 6) is 0.0993. The van der Waals surface area contributed by atoms with Gasteiger partial charge in [-0.15, -0.1) is 0 Å². The zero-order valence-corrected chi connectivity index (χ0v) is 12.3. The summed E-state index contributed by atoms with van der Waals surface area (Å²) >= 11 is 0. The van der Waals surface area contributed by atoms with E-state index < -0.39 is 0 Å². The van der Waals surface area contributed by atoms with Crippen LogP contribution >= 0.6 is 0 Å². The number of hydrogen-bond acceptors (Lipinski definition) is 3. The number of benzene rings is 1. The Morgan fingerprint density at radius 1 is 1.14 bits per heavy atom. The van der Waals surface area contributed by atoms with E-state index in [0.717, 1.165) is 48.9 Å². The van der Waals surface area contributed by atoms with Crippen molar-refractivity contribution in [1.82, 2.24) is 20.6 Å². The number of amides is 1. The molecule has 2 rings (SSSR count). The Morgan fingerprint density at radius 2 is 1.95 bits per heavy atom. The van der Waals surface area contributed by atoms with E-state index in [2.05, 4.69) is 20.6 Å². The van der Waals surface area contributed by atoms with Crippen LogP contribution < -0.4 is 16.3 Å². The first-order chi connectivity index (χ1) is 10.2. The van der Waals surface area contributed by atoms with Gasteiger partial charge in [-0.05, 0) is 50.6 Å². The Morgan fingerprint density at radius 3 is 2.76 bits per heavy atom. The van der Waals surface area contributed by atoms with E-state index in [1.165, 1.54) is 0 Å². The van der Waals surface area contributed by atoms with Crippen LogP contribution in [0.2, 0.25) is 0 Å². The summed E-state index contributed by atoms with van der Waals surface area (Å²) in [7, 11) is 1.90. The Bertz CT molecular complexity index is 644. The molecule has 0 aliphatic rings. The zero-order chi connectivity index (χ0) is 15.1. The van der Waals surface area contributed by atoms with E-state index in [1.807, 2.05) is 25.2 Å². The van der Waals surface area contributed by atoms with Gasteiger partial charge in [-0.2, -0.15) is 0 Å². The summed E-state index contributed by atoms with van der Waals surface area (Å²) in [5.41, 5.74) is 2.56. The van der Waals surface area contributed by atoms with Crippen molar-refractivity contribution in [2.24, 2.45) is 0 Å². The van der Waals surface area contributed by atoms with Crippen LogP contribution in [0.1, 0.15) is 24.8 Å². The first-order valence-corrected chi connectivity index (χ1v) is 7.31. The highest BCUT2D eigenvalue weighted by Crippen LogP contribution is 2.12. The minimum absolute atomic E-state index is 0.0993. The summed E-state index contributed by atoms with van der Waals surface area (Å²) in [6.45, 7) is 1.63. The molecule has 1 aromatic carbocycles. The zero-order valence-electron chi connectivity index (χ0n) is 12.3. The molecule has 21 heavy (non-hydrogen) atoms. The molecule has 6 nitrogen and oxygen atoms in total. The van der Waals surface area contributed by atoms with E-state index in [4.69, 9.17) is 0 Å². The van der Waals surface area contributed by atoms with Crippen LogP contribution in [-0.4, -0.2) is 36.0 Å². The van der Waals surface area contributed by atoms with Gasteiger partial charge in [0.2, 0.25) is 5.91 Å². The lowest BCUT2D eigenvalue weighted by Crippen LogP contribution is -2.26. The minimum Gasteiger partial charge on any atom is -0.356 e. The molecule has 1 amide bonds. The predicted molar refractivity (Wildman–Crippen MR) is 83.4 cm³/mol. The largest absolute Gasteiger partial charge is 0.356 e. The van der Waals surface area contributed by atoms with Gasteiger partial charge in [0.1, 0.15) is 0 Å². The number of rotatable bonds is 8. The summed E-state index contributed by atoms with van der Waals surface area (Å²) < 4.78 is 0. The number of carbonyl (C=O) groups is 1. The quantitative estimate of drug-likeness (QED) is 0.545. The lowest BCUT2D eigenvalue weighted by atomic mass is 10.1. The molecule has 0 fully saturated rings. The molecule has 0 unspecified atom stereocenters. The third-order valence-corrected chi connectivity index (χ3v) is 3.38. The molecule has 0 saturated heterocycles. The summed E-state index contributed by atoms with van der Waals surface area (Å²) in [4.78, 5) is 28.3. The molecule has 0 radical (unpaired) electrons. The summed E-state index contributed by atoms with van der Waals surface area (Å²) in [5, 5.41) is 5.95. The van der Waals surface area contributed by atoms with Crippen LogP contribution in [0.4, 0.5) is 0 Å². The second kappa shape index (κ2) is 7.64. The second-order valence-electron chi connectivity index (χ2n) is 5.12. The van der Waals surface area contributed by atoms with Crippen LogP contribution in [0.25, 0.3) is 11.0 Å². The fourth-order valence-electron chi connectivity index (χ4n) is 2.27. The SMILES string of the molecule is CNCCCNC(=O)CCCc1ccc2[nH]c(=O)[nH]c2c1. The van der Waals surface area contributed by atoms with Crippen LogP contribution in [-0.2, 0) is 11.2 Å². The maximum Gasteiger partial charge on any atom is 0.323 e. The first-order valence-electron chi connectivity index (χ1n) is 7.31. The van der Waals surface area contributed by atoms with Crippen molar-refractivity contribution >= 4 is 16.9 Å². The number of fused-ring (bicyclic) bond motifs is 1. The van der Waals surface area contributed by atoms with E-state index >= 15 is 0 Å². The lowest BCUT2D eigenvalue weighted by Gasteiger charge is -2.05. The molecule has 4 N–H and O–H groups in total. The lowest BCUT2D eigenvalue weighted by molar-refractivity contribution is -0.121. The highest BCUT2D eigenvalue weighted by molar-refractivity contribution is 5.76. The number of carbonyl (C=O) groups excluding carboxylic acids is 1. The third-order valence-electron chi connectivity index (χ3n) is 3.38. The molecule has 1 aromatic heterocycles. The Kier molecular flexibility index (Phi) is 5.57. The molecule has 1 heterocycles. The maximum atomic E-state index is 11.6. The van der Waals surface area contributed by atoms with Gasteiger partial charge < -0.3 is 20.6 Å². The normalized spacial score (nSPS) is 10.9. The summed E-state index contributed by atoms with van der Waals surface area (Å²) in [6, 6.07) is 5.83. The number of aryl methyl sites for hydroxylation is 1. The van der Waals surface area contributed by atoms with Crippen molar-refractivity contribution in [3.63, 3.8) is 0 Å². The van der Waals surface area contributed by atoms with Crippen molar-refractivity contribution in [3.8, 4) is 0 Å². The van der Waals surface area contributed by atoms with Crippen molar-refractivity contribution in [3.05, 3.63) is 34.2 Å². The third kappa shape index (κ3) is 4.75. The Hall–Kier alpha value is -2.08. The molecule has 0 bridgehead atoms. The Labute approximate surface area is 123 Å². The maximum absolute atomic E-state index is 11.6. The molecule has 0 atom stereocenters. The van der Waals surface area contributed by atoms with Gasteiger partial charge in [0, 0.05) is 13.0 Å². The first kappa shape index (κ1) is 15.3. The standard InChI is InChI=1S/C15H22N4O2/c1-16-8-3-9-17-14(20)5-2-4-11-6-7-12-13(10-11)19-15(21)18-12/h6-7,10,16H,2-5,8-9H2,1H3,(H,17,20)(H2,18,19,21). The van der Waals surface area contributed by atoms with Gasteiger partial charge in [-0.3, -0.25) is 4.79 Å². The average molecular weight is 290 g/mol. The van der Waals surface area contributed by atoms with E-state index in [9.17, 15) is 9.59 Å². The van der Waals surface area contributed by atoms with Crippen LogP contribution in [0.3, 0.4) is 0 Å². The van der Waals surface area contributed by atoms with Crippen LogP contribution in [0, 0.1) is 0 Å². The van der Waals surface area contributed by atoms with Gasteiger partial charge in [0.05, 0.1) is 11.0 Å². The molecule has 0 saturated carbocycles. The molecule has 0 spiro atoms. The van der Waals surface area contributed by atoms with Crippen LogP contribution in [0.5, 0.6) is 0 Å². The average Bonchev–Trinajstić information content (AvgIpc) is 2.83. The number of nitrogens with one attached hydrogen (secondary N) is 4. The fraction of sp³-hybridized carbons (Fsp3) is 0.467. The van der Waals surface area contributed by atoms with E-state index in [-0.39, 0.29) is 11.6 Å². The number of aromatic amines is 2. The van der Waals surface area contributed by atoms with Gasteiger partial charge in [-0.25, -0.2) is 4.79 Å².